The predicted molar refractivity (Wildman–Crippen MR) is 130 cm³/mol. The first kappa shape index (κ1) is 22.7. The number of anilines is 1. The van der Waals surface area contributed by atoms with Gasteiger partial charge in [-0.2, -0.15) is 0 Å². The molecule has 3 atom stereocenters. The Morgan fingerprint density at radius 3 is 2.64 bits per heavy atom. The van der Waals surface area contributed by atoms with Gasteiger partial charge in [-0.05, 0) is 61.6 Å². The number of carbonyl (C=O) groups excluding carboxylic acids is 2. The molecule has 0 radical (unpaired) electrons. The summed E-state index contributed by atoms with van der Waals surface area (Å²) in [7, 11) is 0. The van der Waals surface area contributed by atoms with Crippen LogP contribution in [0.3, 0.4) is 0 Å². The van der Waals surface area contributed by atoms with Crippen LogP contribution in [0.1, 0.15) is 60.6 Å². The second kappa shape index (κ2) is 9.65. The van der Waals surface area contributed by atoms with Gasteiger partial charge in [0, 0.05) is 35.6 Å². The van der Waals surface area contributed by atoms with Crippen LogP contribution < -0.4 is 5.32 Å². The Hall–Kier alpha value is -2.08. The summed E-state index contributed by atoms with van der Waals surface area (Å²) >= 11 is 12.1. The molecule has 3 fully saturated rings. The third-order valence-electron chi connectivity index (χ3n) is 7.23. The Bertz CT molecular complexity index is 1050. The molecule has 7 heteroatoms. The highest BCUT2D eigenvalue weighted by atomic mass is 35.5. The largest absolute Gasteiger partial charge is 0.370 e. The average Bonchev–Trinajstić information content (AvgIpc) is 3.48. The van der Waals surface area contributed by atoms with Gasteiger partial charge in [0.2, 0.25) is 5.91 Å². The first-order valence-corrected chi connectivity index (χ1v) is 12.5. The van der Waals surface area contributed by atoms with Gasteiger partial charge in [-0.15, -0.1) is 0 Å². The number of ether oxygens (including phenoxy) is 1. The van der Waals surface area contributed by atoms with Crippen molar-refractivity contribution in [3.63, 3.8) is 0 Å². The molecule has 5 nitrogen and oxygen atoms in total. The zero-order chi connectivity index (χ0) is 22.9. The summed E-state index contributed by atoms with van der Waals surface area (Å²) in [5, 5.41) is 3.73. The first-order valence-electron chi connectivity index (χ1n) is 11.8. The van der Waals surface area contributed by atoms with Gasteiger partial charge in [0.25, 0.3) is 5.91 Å². The van der Waals surface area contributed by atoms with Gasteiger partial charge in [0.05, 0.1) is 22.8 Å². The van der Waals surface area contributed by atoms with Crippen molar-refractivity contribution in [3.05, 3.63) is 63.6 Å². The molecule has 2 saturated heterocycles. The quantitative estimate of drug-likeness (QED) is 0.566. The van der Waals surface area contributed by atoms with Crippen molar-refractivity contribution < 1.29 is 14.3 Å². The van der Waals surface area contributed by atoms with Crippen molar-refractivity contribution in [1.29, 1.82) is 0 Å². The highest BCUT2D eigenvalue weighted by Crippen LogP contribution is 2.42. The van der Waals surface area contributed by atoms with E-state index >= 15 is 0 Å². The standard InChI is InChI=1S/C26H28Cl2N2O3/c27-19-8-9-21(22(28)14-19)25(31)29-20-7-3-6-17(12-20)24-13-18-15-30(11-10-23(18)33-24)26(32)16-4-1-2-5-16/h3,6-9,12,14,16,18,23-24H,1-2,4-5,10-11,13,15H2,(H,29,31). The monoisotopic (exact) mass is 486 g/mol. The minimum Gasteiger partial charge on any atom is -0.370 e. The van der Waals surface area contributed by atoms with Crippen LogP contribution in [0, 0.1) is 11.8 Å². The van der Waals surface area contributed by atoms with Gasteiger partial charge in [0.1, 0.15) is 0 Å². The van der Waals surface area contributed by atoms with Crippen molar-refractivity contribution in [2.45, 2.75) is 50.7 Å². The molecule has 0 bridgehead atoms. The Kier molecular flexibility index (Phi) is 6.64. The maximum atomic E-state index is 12.9. The Labute approximate surface area is 204 Å². The van der Waals surface area contributed by atoms with Crippen LogP contribution in [-0.4, -0.2) is 35.9 Å². The Morgan fingerprint density at radius 1 is 1.03 bits per heavy atom. The van der Waals surface area contributed by atoms with E-state index < -0.39 is 0 Å². The van der Waals surface area contributed by atoms with E-state index in [1.807, 2.05) is 24.3 Å². The minimum atomic E-state index is -0.282. The molecule has 1 aliphatic carbocycles. The van der Waals surface area contributed by atoms with Crippen LogP contribution in [0.2, 0.25) is 10.0 Å². The van der Waals surface area contributed by atoms with E-state index in [0.29, 0.717) is 33.1 Å². The van der Waals surface area contributed by atoms with Gasteiger partial charge in [-0.3, -0.25) is 9.59 Å². The van der Waals surface area contributed by atoms with E-state index in [2.05, 4.69) is 10.2 Å². The van der Waals surface area contributed by atoms with Crippen LogP contribution in [0.4, 0.5) is 5.69 Å². The smallest absolute Gasteiger partial charge is 0.257 e. The summed E-state index contributed by atoms with van der Waals surface area (Å²) in [5.41, 5.74) is 2.11. The van der Waals surface area contributed by atoms with Crippen LogP contribution in [-0.2, 0) is 9.53 Å². The lowest BCUT2D eigenvalue weighted by atomic mass is 9.90. The molecule has 174 valence electrons. The topological polar surface area (TPSA) is 58.6 Å². The van der Waals surface area contributed by atoms with E-state index in [4.69, 9.17) is 27.9 Å². The molecule has 2 amide bonds. The summed E-state index contributed by atoms with van der Waals surface area (Å²) in [4.78, 5) is 27.6. The number of likely N-dealkylation sites (tertiary alicyclic amines) is 1. The van der Waals surface area contributed by atoms with Crippen LogP contribution in [0.25, 0.3) is 0 Å². The van der Waals surface area contributed by atoms with E-state index in [-0.39, 0.29) is 24.0 Å². The molecule has 2 heterocycles. The molecular formula is C26H28Cl2N2O3. The summed E-state index contributed by atoms with van der Waals surface area (Å²) < 4.78 is 6.40. The molecule has 0 aromatic heterocycles. The number of halogens is 2. The molecule has 2 aromatic carbocycles. The molecule has 1 saturated carbocycles. The fraction of sp³-hybridized carbons (Fsp3) is 0.462. The third-order valence-corrected chi connectivity index (χ3v) is 7.78. The van der Waals surface area contributed by atoms with Gasteiger partial charge in [-0.25, -0.2) is 0 Å². The molecular weight excluding hydrogens is 459 g/mol. The number of hydrogen-bond acceptors (Lipinski definition) is 3. The minimum absolute atomic E-state index is 0.0301. The Morgan fingerprint density at radius 2 is 1.85 bits per heavy atom. The fourth-order valence-corrected chi connectivity index (χ4v) is 5.99. The zero-order valence-corrected chi connectivity index (χ0v) is 19.9. The van der Waals surface area contributed by atoms with E-state index in [1.165, 1.54) is 12.8 Å². The normalized spacial score (nSPS) is 25.2. The lowest BCUT2D eigenvalue weighted by Gasteiger charge is -2.35. The predicted octanol–water partition coefficient (Wildman–Crippen LogP) is 6.11. The van der Waals surface area contributed by atoms with Gasteiger partial charge >= 0.3 is 0 Å². The Balaban J connectivity index is 1.23. The number of rotatable bonds is 4. The number of piperidine rings is 1. The molecule has 3 unspecified atom stereocenters. The molecule has 0 spiro atoms. The summed E-state index contributed by atoms with van der Waals surface area (Å²) in [6.45, 7) is 1.59. The van der Waals surface area contributed by atoms with E-state index in [0.717, 1.165) is 44.3 Å². The zero-order valence-electron chi connectivity index (χ0n) is 18.4. The van der Waals surface area contributed by atoms with Crippen LogP contribution in [0.5, 0.6) is 0 Å². The summed E-state index contributed by atoms with van der Waals surface area (Å²) in [6, 6.07) is 12.6. The first-order chi connectivity index (χ1) is 16.0. The molecule has 33 heavy (non-hydrogen) atoms. The van der Waals surface area contributed by atoms with Gasteiger partial charge in [0.15, 0.2) is 0 Å². The van der Waals surface area contributed by atoms with Crippen molar-refractivity contribution in [2.24, 2.45) is 11.8 Å². The maximum Gasteiger partial charge on any atom is 0.257 e. The highest BCUT2D eigenvalue weighted by Gasteiger charge is 2.41. The maximum absolute atomic E-state index is 12.9. The van der Waals surface area contributed by atoms with Crippen molar-refractivity contribution in [2.75, 3.05) is 18.4 Å². The summed E-state index contributed by atoms with van der Waals surface area (Å²) in [5.74, 6) is 0.658. The van der Waals surface area contributed by atoms with Crippen molar-refractivity contribution in [1.82, 2.24) is 4.90 Å². The van der Waals surface area contributed by atoms with E-state index in [1.54, 1.807) is 18.2 Å². The van der Waals surface area contributed by atoms with Crippen LogP contribution >= 0.6 is 23.2 Å². The fourth-order valence-electron chi connectivity index (χ4n) is 5.49. The van der Waals surface area contributed by atoms with Crippen LogP contribution in [0.15, 0.2) is 42.5 Å². The number of benzene rings is 2. The number of hydrogen-bond donors (Lipinski definition) is 1. The van der Waals surface area contributed by atoms with Gasteiger partial charge in [-0.1, -0.05) is 48.2 Å². The average molecular weight is 487 g/mol. The lowest BCUT2D eigenvalue weighted by molar-refractivity contribution is -0.138. The second-order valence-electron chi connectivity index (χ2n) is 9.42. The molecule has 2 aliphatic heterocycles. The SMILES string of the molecule is O=C(Nc1cccc(C2CC3CN(C(=O)C4CCCC4)CCC3O2)c1)c1ccc(Cl)cc1Cl. The van der Waals surface area contributed by atoms with Crippen molar-refractivity contribution in [3.8, 4) is 0 Å². The summed E-state index contributed by atoms with van der Waals surface area (Å²) in [6.07, 6.45) is 6.39. The molecule has 2 aromatic rings. The highest BCUT2D eigenvalue weighted by molar-refractivity contribution is 6.37. The molecule has 3 aliphatic rings. The lowest BCUT2D eigenvalue weighted by Crippen LogP contribution is -2.46. The molecule has 5 rings (SSSR count). The van der Waals surface area contributed by atoms with E-state index in [9.17, 15) is 9.59 Å². The molecule has 1 N–H and O–H groups in total. The number of amides is 2. The number of carbonyl (C=O) groups is 2. The van der Waals surface area contributed by atoms with Gasteiger partial charge < -0.3 is 15.0 Å². The number of nitrogens with zero attached hydrogens (tertiary/aromatic N) is 1. The third kappa shape index (κ3) is 4.91. The second-order valence-corrected chi connectivity index (χ2v) is 10.3. The number of fused-ring (bicyclic) bond motifs is 1. The number of nitrogens with one attached hydrogen (secondary N) is 1. The van der Waals surface area contributed by atoms with Crippen molar-refractivity contribution >= 4 is 40.7 Å².